The largest absolute Gasteiger partial charge is 0.464 e. The van der Waals surface area contributed by atoms with Crippen LogP contribution in [-0.2, 0) is 17.8 Å². The molecule has 0 aliphatic carbocycles. The van der Waals surface area contributed by atoms with E-state index in [2.05, 4.69) is 0 Å². The lowest BCUT2D eigenvalue weighted by atomic mass is 9.93. The fourth-order valence-electron chi connectivity index (χ4n) is 2.16. The second kappa shape index (κ2) is 6.00. The maximum Gasteiger partial charge on any atom is 0.129 e. The summed E-state index contributed by atoms with van der Waals surface area (Å²) >= 11 is 0. The monoisotopic (exact) mass is 274 g/mol. The first-order chi connectivity index (χ1) is 9.06. The quantitative estimate of drug-likeness (QED) is 0.437. The normalized spacial score (nSPS) is 35.5. The minimum absolute atomic E-state index is 0.168. The van der Waals surface area contributed by atoms with Gasteiger partial charge in [-0.3, -0.25) is 0 Å². The molecule has 7 heteroatoms. The third kappa shape index (κ3) is 2.97. The van der Waals surface area contributed by atoms with Gasteiger partial charge in [-0.1, -0.05) is 0 Å². The molecular weight excluding hydrogens is 256 g/mol. The van der Waals surface area contributed by atoms with Crippen molar-refractivity contribution < 1.29 is 34.7 Å². The number of aliphatic hydroxyl groups excluding tert-OH is 5. The van der Waals surface area contributed by atoms with Gasteiger partial charge in [0, 0.05) is 6.42 Å². The van der Waals surface area contributed by atoms with Crippen molar-refractivity contribution in [1.82, 2.24) is 0 Å². The number of hydrogen-bond acceptors (Lipinski definition) is 7. The summed E-state index contributed by atoms with van der Waals surface area (Å²) in [6, 6.07) is 3.23. The summed E-state index contributed by atoms with van der Waals surface area (Å²) in [4.78, 5) is 0. The lowest BCUT2D eigenvalue weighted by Gasteiger charge is -2.39. The van der Waals surface area contributed by atoms with E-state index in [4.69, 9.17) is 19.4 Å². The molecule has 0 amide bonds. The predicted octanol–water partition coefficient (Wildman–Crippen LogP) is -1.84. The zero-order valence-corrected chi connectivity index (χ0v) is 10.2. The Balaban J connectivity index is 2.06. The Labute approximate surface area is 109 Å². The summed E-state index contributed by atoms with van der Waals surface area (Å²) < 4.78 is 10.6. The van der Waals surface area contributed by atoms with Crippen LogP contribution in [0, 0.1) is 0 Å². The molecule has 5 atom stereocenters. The zero-order valence-electron chi connectivity index (χ0n) is 10.2. The van der Waals surface area contributed by atoms with Crippen molar-refractivity contribution in [1.29, 1.82) is 0 Å². The highest BCUT2D eigenvalue weighted by Crippen LogP contribution is 2.24. The van der Waals surface area contributed by atoms with E-state index in [0.29, 0.717) is 11.5 Å². The Morgan fingerprint density at radius 2 is 1.53 bits per heavy atom. The average molecular weight is 274 g/mol. The fourth-order valence-corrected chi connectivity index (χ4v) is 2.16. The smallest absolute Gasteiger partial charge is 0.129 e. The van der Waals surface area contributed by atoms with E-state index in [1.165, 1.54) is 0 Å². The third-order valence-electron chi connectivity index (χ3n) is 3.27. The van der Waals surface area contributed by atoms with Crippen molar-refractivity contribution >= 4 is 0 Å². The summed E-state index contributed by atoms with van der Waals surface area (Å²) in [6.45, 7) is -0.684. The molecule has 0 bridgehead atoms. The number of aliphatic hydroxyl groups is 5. The third-order valence-corrected chi connectivity index (χ3v) is 3.27. The molecule has 1 aromatic rings. The van der Waals surface area contributed by atoms with Crippen LogP contribution in [0.2, 0.25) is 0 Å². The molecule has 1 aliphatic rings. The van der Waals surface area contributed by atoms with Gasteiger partial charge in [-0.25, -0.2) is 0 Å². The second-order valence-corrected chi connectivity index (χ2v) is 4.60. The molecule has 1 aromatic heterocycles. The Kier molecular flexibility index (Phi) is 4.56. The van der Waals surface area contributed by atoms with E-state index in [1.807, 2.05) is 0 Å². The van der Waals surface area contributed by atoms with E-state index in [0.717, 1.165) is 0 Å². The maximum absolute atomic E-state index is 9.84. The summed E-state index contributed by atoms with van der Waals surface area (Å²) in [7, 11) is 0. The molecule has 2 heterocycles. The number of furan rings is 1. The van der Waals surface area contributed by atoms with Gasteiger partial charge in [0.05, 0.1) is 12.7 Å². The number of ether oxygens (including phenoxy) is 1. The van der Waals surface area contributed by atoms with Crippen LogP contribution in [-0.4, -0.2) is 62.7 Å². The van der Waals surface area contributed by atoms with Crippen molar-refractivity contribution in [3.63, 3.8) is 0 Å². The van der Waals surface area contributed by atoms with Crippen molar-refractivity contribution in [2.24, 2.45) is 0 Å². The Morgan fingerprint density at radius 1 is 0.895 bits per heavy atom. The maximum atomic E-state index is 9.84. The van der Waals surface area contributed by atoms with Crippen LogP contribution in [0.3, 0.4) is 0 Å². The molecule has 0 saturated carbocycles. The molecule has 1 fully saturated rings. The second-order valence-electron chi connectivity index (χ2n) is 4.60. The van der Waals surface area contributed by atoms with Crippen LogP contribution in [0.5, 0.6) is 0 Å². The molecule has 0 aromatic carbocycles. The molecule has 1 saturated heterocycles. The highest BCUT2D eigenvalue weighted by molar-refractivity contribution is 5.08. The van der Waals surface area contributed by atoms with Gasteiger partial charge in [0.15, 0.2) is 0 Å². The topological polar surface area (TPSA) is 124 Å². The molecule has 0 radical (unpaired) electrons. The lowest BCUT2D eigenvalue weighted by molar-refractivity contribution is -0.229. The molecule has 19 heavy (non-hydrogen) atoms. The Bertz CT molecular complexity index is 403. The van der Waals surface area contributed by atoms with E-state index in [1.54, 1.807) is 12.1 Å². The van der Waals surface area contributed by atoms with Gasteiger partial charge in [0.1, 0.15) is 42.5 Å². The van der Waals surface area contributed by atoms with Gasteiger partial charge >= 0.3 is 0 Å². The van der Waals surface area contributed by atoms with Crippen molar-refractivity contribution in [3.05, 3.63) is 23.7 Å². The van der Waals surface area contributed by atoms with Crippen LogP contribution < -0.4 is 0 Å². The van der Waals surface area contributed by atoms with E-state index < -0.39 is 37.1 Å². The van der Waals surface area contributed by atoms with Gasteiger partial charge in [-0.2, -0.15) is 0 Å². The Hall–Kier alpha value is -0.960. The van der Waals surface area contributed by atoms with Crippen LogP contribution >= 0.6 is 0 Å². The molecule has 5 N–H and O–H groups in total. The van der Waals surface area contributed by atoms with Gasteiger partial charge in [0.2, 0.25) is 0 Å². The molecule has 2 rings (SSSR count). The van der Waals surface area contributed by atoms with Crippen molar-refractivity contribution in [3.8, 4) is 0 Å². The minimum Gasteiger partial charge on any atom is -0.464 e. The molecule has 7 nitrogen and oxygen atoms in total. The van der Waals surface area contributed by atoms with Crippen LogP contribution in [0.1, 0.15) is 11.5 Å². The first-order valence-corrected chi connectivity index (χ1v) is 6.05. The molecule has 0 spiro atoms. The molecule has 1 unspecified atom stereocenters. The summed E-state index contributed by atoms with van der Waals surface area (Å²) in [5, 5.41) is 47.0. The average Bonchev–Trinajstić information content (AvgIpc) is 2.87. The first kappa shape index (κ1) is 14.4. The highest BCUT2D eigenvalue weighted by atomic mass is 16.5. The van der Waals surface area contributed by atoms with E-state index >= 15 is 0 Å². The van der Waals surface area contributed by atoms with Gasteiger partial charge in [0.25, 0.3) is 0 Å². The predicted molar refractivity (Wildman–Crippen MR) is 62.1 cm³/mol. The number of rotatable bonds is 4. The van der Waals surface area contributed by atoms with Gasteiger partial charge in [-0.05, 0) is 12.1 Å². The van der Waals surface area contributed by atoms with Gasteiger partial charge < -0.3 is 34.7 Å². The SMILES string of the molecule is OCc1ccc(CC2O[C@H](CO)[C@@H](O)[C@H](O)[C@H]2O)o1. The lowest BCUT2D eigenvalue weighted by Crippen LogP contribution is -2.58. The highest BCUT2D eigenvalue weighted by Gasteiger charge is 2.43. The summed E-state index contributed by atoms with van der Waals surface area (Å²) in [5.41, 5.74) is 0. The fraction of sp³-hybridized carbons (Fsp3) is 0.667. The standard InChI is InChI=1S/C12H18O7/c13-4-7-2-1-6(18-7)3-8-10(15)12(17)11(16)9(5-14)19-8/h1-2,8-17H,3-5H2/t8?,9-,10+,11-,12-/m1/s1. The van der Waals surface area contributed by atoms with Crippen LogP contribution in [0.15, 0.2) is 16.5 Å². The molecule has 1 aliphatic heterocycles. The first-order valence-electron chi connectivity index (χ1n) is 6.05. The van der Waals surface area contributed by atoms with Gasteiger partial charge in [-0.15, -0.1) is 0 Å². The number of hydrogen-bond donors (Lipinski definition) is 5. The summed E-state index contributed by atoms with van der Waals surface area (Å²) in [5.74, 6) is 0.868. The molecular formula is C12H18O7. The van der Waals surface area contributed by atoms with Crippen LogP contribution in [0.4, 0.5) is 0 Å². The summed E-state index contributed by atoms with van der Waals surface area (Å²) in [6.07, 6.45) is -5.57. The Morgan fingerprint density at radius 3 is 2.11 bits per heavy atom. The van der Waals surface area contributed by atoms with Crippen molar-refractivity contribution in [2.45, 2.75) is 43.5 Å². The van der Waals surface area contributed by atoms with Crippen molar-refractivity contribution in [2.75, 3.05) is 6.61 Å². The van der Waals surface area contributed by atoms with E-state index in [9.17, 15) is 15.3 Å². The van der Waals surface area contributed by atoms with E-state index in [-0.39, 0.29) is 13.0 Å². The molecule has 108 valence electrons. The zero-order chi connectivity index (χ0) is 14.0. The van der Waals surface area contributed by atoms with Crippen LogP contribution in [0.25, 0.3) is 0 Å². The minimum atomic E-state index is -1.39.